The number of aliphatic hydroxyl groups is 1. The second kappa shape index (κ2) is 9.16. The maximum Gasteiger partial charge on any atom is 0.255 e. The quantitative estimate of drug-likeness (QED) is 0.530. The molecule has 0 radical (unpaired) electrons. The zero-order valence-electron chi connectivity index (χ0n) is 11.1. The summed E-state index contributed by atoms with van der Waals surface area (Å²) in [5.74, 6) is 0.430. The number of nitrogens with one attached hydrogen (secondary N) is 1. The standard InChI is InChI=1S/C15H21NO3/c1-2-12-19-14-9-5-4-8-13(14)15(18)16-10-6-3-7-11-17/h2,4-5,8-9,17H,1,3,6-7,10-12H2,(H,16,18). The zero-order chi connectivity index (χ0) is 13.9. The van der Waals surface area contributed by atoms with E-state index in [0.717, 1.165) is 19.3 Å². The van der Waals surface area contributed by atoms with E-state index in [1.807, 2.05) is 6.07 Å². The minimum atomic E-state index is -0.135. The fourth-order valence-electron chi connectivity index (χ4n) is 1.64. The molecule has 0 spiro atoms. The normalized spacial score (nSPS) is 9.95. The van der Waals surface area contributed by atoms with E-state index in [4.69, 9.17) is 9.84 Å². The molecule has 0 aromatic heterocycles. The molecule has 0 saturated heterocycles. The van der Waals surface area contributed by atoms with Crippen LogP contribution in [0.4, 0.5) is 0 Å². The van der Waals surface area contributed by atoms with Crippen LogP contribution in [0.3, 0.4) is 0 Å². The number of carbonyl (C=O) groups excluding carboxylic acids is 1. The molecule has 1 rings (SSSR count). The van der Waals surface area contributed by atoms with Gasteiger partial charge in [-0.05, 0) is 31.4 Å². The molecule has 104 valence electrons. The summed E-state index contributed by atoms with van der Waals surface area (Å²) in [5.41, 5.74) is 0.534. The fraction of sp³-hybridized carbons (Fsp3) is 0.400. The maximum atomic E-state index is 12.0. The Kier molecular flexibility index (Phi) is 7.35. The summed E-state index contributed by atoms with van der Waals surface area (Å²) in [6.07, 6.45) is 4.19. The molecule has 4 heteroatoms. The first-order chi connectivity index (χ1) is 9.29. The number of aliphatic hydroxyl groups excluding tert-OH is 1. The lowest BCUT2D eigenvalue weighted by Crippen LogP contribution is -2.25. The second-order valence-corrected chi connectivity index (χ2v) is 4.14. The van der Waals surface area contributed by atoms with Crippen molar-refractivity contribution in [2.75, 3.05) is 19.8 Å². The van der Waals surface area contributed by atoms with Crippen LogP contribution in [0.5, 0.6) is 5.75 Å². The van der Waals surface area contributed by atoms with Crippen molar-refractivity contribution in [3.05, 3.63) is 42.5 Å². The molecular weight excluding hydrogens is 242 g/mol. The molecule has 1 aromatic rings. The van der Waals surface area contributed by atoms with Crippen LogP contribution < -0.4 is 10.1 Å². The molecule has 0 bridgehead atoms. The predicted octanol–water partition coefficient (Wildman–Crippen LogP) is 2.14. The van der Waals surface area contributed by atoms with Crippen molar-refractivity contribution in [3.63, 3.8) is 0 Å². The van der Waals surface area contributed by atoms with Crippen molar-refractivity contribution >= 4 is 5.91 Å². The molecule has 0 saturated carbocycles. The van der Waals surface area contributed by atoms with E-state index in [-0.39, 0.29) is 12.5 Å². The third kappa shape index (κ3) is 5.57. The fourth-order valence-corrected chi connectivity index (χ4v) is 1.64. The van der Waals surface area contributed by atoms with E-state index in [1.165, 1.54) is 0 Å². The highest BCUT2D eigenvalue weighted by atomic mass is 16.5. The number of amides is 1. The van der Waals surface area contributed by atoms with E-state index >= 15 is 0 Å². The van der Waals surface area contributed by atoms with Gasteiger partial charge in [-0.25, -0.2) is 0 Å². The van der Waals surface area contributed by atoms with Crippen LogP contribution in [0.25, 0.3) is 0 Å². The highest BCUT2D eigenvalue weighted by molar-refractivity contribution is 5.96. The molecule has 19 heavy (non-hydrogen) atoms. The Morgan fingerprint density at radius 3 is 2.84 bits per heavy atom. The first-order valence-corrected chi connectivity index (χ1v) is 6.51. The Morgan fingerprint density at radius 2 is 2.11 bits per heavy atom. The molecule has 0 aliphatic carbocycles. The smallest absolute Gasteiger partial charge is 0.255 e. The van der Waals surface area contributed by atoms with Crippen LogP contribution in [0, 0.1) is 0 Å². The molecule has 0 heterocycles. The van der Waals surface area contributed by atoms with Crippen LogP contribution in [0.15, 0.2) is 36.9 Å². The van der Waals surface area contributed by atoms with Crippen molar-refractivity contribution in [3.8, 4) is 5.75 Å². The number of para-hydroxylation sites is 1. The number of benzene rings is 1. The van der Waals surface area contributed by atoms with Gasteiger partial charge >= 0.3 is 0 Å². The van der Waals surface area contributed by atoms with Crippen LogP contribution >= 0.6 is 0 Å². The third-order valence-electron chi connectivity index (χ3n) is 2.61. The maximum absolute atomic E-state index is 12.0. The summed E-state index contributed by atoms with van der Waals surface area (Å²) in [7, 11) is 0. The van der Waals surface area contributed by atoms with Crippen molar-refractivity contribution in [2.45, 2.75) is 19.3 Å². The Labute approximate surface area is 114 Å². The molecule has 4 nitrogen and oxygen atoms in total. The topological polar surface area (TPSA) is 58.6 Å². The van der Waals surface area contributed by atoms with Crippen molar-refractivity contribution in [2.24, 2.45) is 0 Å². The highest BCUT2D eigenvalue weighted by Crippen LogP contribution is 2.17. The molecular formula is C15H21NO3. The van der Waals surface area contributed by atoms with Gasteiger partial charge in [-0.1, -0.05) is 24.8 Å². The van der Waals surface area contributed by atoms with Gasteiger partial charge in [-0.15, -0.1) is 0 Å². The lowest BCUT2D eigenvalue weighted by molar-refractivity contribution is 0.0949. The summed E-state index contributed by atoms with van der Waals surface area (Å²) < 4.78 is 5.44. The van der Waals surface area contributed by atoms with Gasteiger partial charge in [-0.2, -0.15) is 0 Å². The lowest BCUT2D eigenvalue weighted by atomic mass is 10.2. The number of rotatable bonds is 9. The zero-order valence-corrected chi connectivity index (χ0v) is 11.1. The molecule has 0 unspecified atom stereocenters. The molecule has 0 fully saturated rings. The number of hydrogen-bond acceptors (Lipinski definition) is 3. The van der Waals surface area contributed by atoms with Crippen molar-refractivity contribution in [1.82, 2.24) is 5.32 Å². The van der Waals surface area contributed by atoms with E-state index in [9.17, 15) is 4.79 Å². The first-order valence-electron chi connectivity index (χ1n) is 6.51. The van der Waals surface area contributed by atoms with Crippen LogP contribution in [-0.4, -0.2) is 30.8 Å². The molecule has 0 aliphatic rings. The number of ether oxygens (including phenoxy) is 1. The third-order valence-corrected chi connectivity index (χ3v) is 2.61. The van der Waals surface area contributed by atoms with Gasteiger partial charge in [0.2, 0.25) is 0 Å². The Balaban J connectivity index is 2.48. The van der Waals surface area contributed by atoms with Crippen LogP contribution in [0.2, 0.25) is 0 Å². The second-order valence-electron chi connectivity index (χ2n) is 4.14. The monoisotopic (exact) mass is 263 g/mol. The molecule has 0 aliphatic heterocycles. The summed E-state index contributed by atoms with van der Waals surface area (Å²) in [6, 6.07) is 7.14. The van der Waals surface area contributed by atoms with Crippen molar-refractivity contribution in [1.29, 1.82) is 0 Å². The number of carbonyl (C=O) groups is 1. The highest BCUT2D eigenvalue weighted by Gasteiger charge is 2.10. The van der Waals surface area contributed by atoms with Gasteiger partial charge in [-0.3, -0.25) is 4.79 Å². The van der Waals surface area contributed by atoms with Gasteiger partial charge in [0.05, 0.1) is 5.56 Å². The minimum Gasteiger partial charge on any atom is -0.489 e. The number of unbranched alkanes of at least 4 members (excludes halogenated alkanes) is 2. The predicted molar refractivity (Wildman–Crippen MR) is 75.4 cm³/mol. The van der Waals surface area contributed by atoms with Crippen molar-refractivity contribution < 1.29 is 14.6 Å². The van der Waals surface area contributed by atoms with Gasteiger partial charge in [0, 0.05) is 13.2 Å². The van der Waals surface area contributed by atoms with Gasteiger partial charge in [0.1, 0.15) is 12.4 Å². The average Bonchev–Trinajstić information content (AvgIpc) is 2.45. The summed E-state index contributed by atoms with van der Waals surface area (Å²) in [5, 5.41) is 11.5. The Bertz CT molecular complexity index is 404. The minimum absolute atomic E-state index is 0.135. The Hall–Kier alpha value is -1.81. The molecule has 0 atom stereocenters. The van der Waals surface area contributed by atoms with E-state index < -0.39 is 0 Å². The van der Waals surface area contributed by atoms with Gasteiger partial charge < -0.3 is 15.2 Å². The molecule has 2 N–H and O–H groups in total. The SMILES string of the molecule is C=CCOc1ccccc1C(=O)NCCCCCO. The van der Waals surface area contributed by atoms with E-state index in [0.29, 0.717) is 24.5 Å². The first kappa shape index (κ1) is 15.2. The van der Waals surface area contributed by atoms with E-state index in [2.05, 4.69) is 11.9 Å². The molecule has 1 aromatic carbocycles. The largest absolute Gasteiger partial charge is 0.489 e. The number of hydrogen-bond donors (Lipinski definition) is 2. The summed E-state index contributed by atoms with van der Waals surface area (Å²) in [6.45, 7) is 4.76. The molecule has 1 amide bonds. The van der Waals surface area contributed by atoms with Crippen LogP contribution in [-0.2, 0) is 0 Å². The Morgan fingerprint density at radius 1 is 1.32 bits per heavy atom. The van der Waals surface area contributed by atoms with Gasteiger partial charge in [0.15, 0.2) is 0 Å². The summed E-state index contributed by atoms with van der Waals surface area (Å²) in [4.78, 5) is 12.0. The van der Waals surface area contributed by atoms with Crippen LogP contribution in [0.1, 0.15) is 29.6 Å². The lowest BCUT2D eigenvalue weighted by Gasteiger charge is -2.10. The van der Waals surface area contributed by atoms with Gasteiger partial charge in [0.25, 0.3) is 5.91 Å². The summed E-state index contributed by atoms with van der Waals surface area (Å²) >= 11 is 0. The average molecular weight is 263 g/mol. The van der Waals surface area contributed by atoms with E-state index in [1.54, 1.807) is 24.3 Å².